The fourth-order valence-corrected chi connectivity index (χ4v) is 2.60. The number of benzene rings is 1. The maximum atomic E-state index is 11.9. The highest BCUT2D eigenvalue weighted by Crippen LogP contribution is 2.07. The molecule has 0 spiro atoms. The van der Waals surface area contributed by atoms with Crippen molar-refractivity contribution in [3.63, 3.8) is 0 Å². The van der Waals surface area contributed by atoms with Crippen LogP contribution in [0.4, 0.5) is 0 Å². The van der Waals surface area contributed by atoms with E-state index < -0.39 is 0 Å². The lowest BCUT2D eigenvalue weighted by atomic mass is 10.2. The molecule has 0 radical (unpaired) electrons. The largest absolute Gasteiger partial charge is 0.378 e. The summed E-state index contributed by atoms with van der Waals surface area (Å²) in [6.07, 6.45) is 3.12. The van der Waals surface area contributed by atoms with Gasteiger partial charge in [-0.05, 0) is 18.2 Å². The number of nitrogens with one attached hydrogen (secondary N) is 2. The fraction of sp³-hybridized carbons (Fsp3) is 0.412. The van der Waals surface area contributed by atoms with Crippen molar-refractivity contribution in [1.29, 1.82) is 0 Å². The summed E-state index contributed by atoms with van der Waals surface area (Å²) < 4.78 is 7.19. The van der Waals surface area contributed by atoms with Crippen LogP contribution < -0.4 is 10.6 Å². The molecular formula is C17H22N4O2. The summed E-state index contributed by atoms with van der Waals surface area (Å²) in [5.41, 5.74) is 2.00. The number of hydrogen-bond donors (Lipinski definition) is 2. The Labute approximate surface area is 135 Å². The van der Waals surface area contributed by atoms with Gasteiger partial charge in [0.05, 0.1) is 24.6 Å². The van der Waals surface area contributed by atoms with E-state index in [4.69, 9.17) is 4.74 Å². The normalized spacial score (nSPS) is 17.8. The number of nitrogens with zero attached hydrogens (tertiary/aromatic N) is 2. The van der Waals surface area contributed by atoms with E-state index in [1.165, 1.54) is 0 Å². The molecule has 1 atom stereocenters. The van der Waals surface area contributed by atoms with Gasteiger partial charge in [0.25, 0.3) is 0 Å². The lowest BCUT2D eigenvalue weighted by Gasteiger charge is -2.23. The number of hydrogen-bond acceptors (Lipinski definition) is 4. The minimum atomic E-state index is 0.0514. The van der Waals surface area contributed by atoms with E-state index in [0.29, 0.717) is 19.6 Å². The Morgan fingerprint density at radius 2 is 2.22 bits per heavy atom. The number of carbonyl (C=O) groups excluding carboxylic acids is 1. The quantitative estimate of drug-likeness (QED) is 0.832. The molecule has 2 aromatic rings. The molecule has 1 unspecified atom stereocenters. The van der Waals surface area contributed by atoms with E-state index >= 15 is 0 Å². The van der Waals surface area contributed by atoms with E-state index in [1.807, 2.05) is 47.3 Å². The third kappa shape index (κ3) is 4.64. The third-order valence-corrected chi connectivity index (χ3v) is 3.80. The zero-order valence-corrected chi connectivity index (χ0v) is 13.1. The second-order valence-electron chi connectivity index (χ2n) is 5.62. The summed E-state index contributed by atoms with van der Waals surface area (Å²) in [7, 11) is 0. The van der Waals surface area contributed by atoms with Crippen molar-refractivity contribution < 1.29 is 9.53 Å². The molecule has 2 heterocycles. The van der Waals surface area contributed by atoms with E-state index in [2.05, 4.69) is 15.7 Å². The first kappa shape index (κ1) is 15.7. The highest BCUT2D eigenvalue weighted by molar-refractivity contribution is 5.76. The SMILES string of the molecule is O=C(CC1COCCN1)NCCc1ccn(-c2ccccc2)n1. The third-order valence-electron chi connectivity index (χ3n) is 3.80. The number of carbonyl (C=O) groups is 1. The molecule has 3 rings (SSSR count). The van der Waals surface area contributed by atoms with Gasteiger partial charge < -0.3 is 15.4 Å². The van der Waals surface area contributed by atoms with Gasteiger partial charge in [0.1, 0.15) is 0 Å². The van der Waals surface area contributed by atoms with E-state index in [1.54, 1.807) is 0 Å². The molecule has 6 nitrogen and oxygen atoms in total. The van der Waals surface area contributed by atoms with Crippen LogP contribution in [0.15, 0.2) is 42.6 Å². The van der Waals surface area contributed by atoms with Gasteiger partial charge in [-0.2, -0.15) is 5.10 Å². The first-order chi connectivity index (χ1) is 11.3. The van der Waals surface area contributed by atoms with Gasteiger partial charge >= 0.3 is 0 Å². The molecule has 0 aliphatic carbocycles. The average Bonchev–Trinajstić information content (AvgIpc) is 3.05. The molecule has 1 saturated heterocycles. The molecule has 6 heteroatoms. The van der Waals surface area contributed by atoms with Gasteiger partial charge in [-0.25, -0.2) is 4.68 Å². The van der Waals surface area contributed by atoms with Crippen molar-refractivity contribution >= 4 is 5.91 Å². The Morgan fingerprint density at radius 3 is 3.00 bits per heavy atom. The molecule has 2 N–H and O–H groups in total. The minimum absolute atomic E-state index is 0.0514. The van der Waals surface area contributed by atoms with Crippen LogP contribution in [0.2, 0.25) is 0 Å². The summed E-state index contributed by atoms with van der Waals surface area (Å²) >= 11 is 0. The number of amides is 1. The van der Waals surface area contributed by atoms with Crippen molar-refractivity contribution in [2.24, 2.45) is 0 Å². The van der Waals surface area contributed by atoms with Crippen LogP contribution in [0.3, 0.4) is 0 Å². The molecule has 1 aliphatic heterocycles. The first-order valence-electron chi connectivity index (χ1n) is 7.99. The Balaban J connectivity index is 1.42. The minimum Gasteiger partial charge on any atom is -0.378 e. The van der Waals surface area contributed by atoms with Crippen molar-refractivity contribution in [3.8, 4) is 5.69 Å². The van der Waals surface area contributed by atoms with E-state index in [0.717, 1.165) is 31.0 Å². The second-order valence-corrected chi connectivity index (χ2v) is 5.62. The zero-order chi connectivity index (χ0) is 15.9. The number of rotatable bonds is 6. The Hall–Kier alpha value is -2.18. The predicted octanol–water partition coefficient (Wildman–Crippen LogP) is 0.910. The maximum Gasteiger partial charge on any atom is 0.221 e. The second kappa shape index (κ2) is 7.89. The highest BCUT2D eigenvalue weighted by Gasteiger charge is 2.16. The lowest BCUT2D eigenvalue weighted by molar-refractivity contribution is -0.122. The molecule has 1 aliphatic rings. The summed E-state index contributed by atoms with van der Waals surface area (Å²) in [4.78, 5) is 11.9. The van der Waals surface area contributed by atoms with E-state index in [-0.39, 0.29) is 11.9 Å². The van der Waals surface area contributed by atoms with E-state index in [9.17, 15) is 4.79 Å². The van der Waals surface area contributed by atoms with Crippen molar-refractivity contribution in [2.75, 3.05) is 26.3 Å². The standard InChI is InChI=1S/C17H22N4O2/c22-17(12-15-13-23-11-9-18-15)19-8-6-14-7-10-21(20-14)16-4-2-1-3-5-16/h1-5,7,10,15,18H,6,8-9,11-13H2,(H,19,22). The number of morpholine rings is 1. The summed E-state index contributed by atoms with van der Waals surface area (Å²) in [5, 5.41) is 10.7. The molecular weight excluding hydrogens is 292 g/mol. The topological polar surface area (TPSA) is 68.2 Å². The van der Waals surface area contributed by atoms with Crippen molar-refractivity contribution in [1.82, 2.24) is 20.4 Å². The van der Waals surface area contributed by atoms with Crippen LogP contribution >= 0.6 is 0 Å². The number of aromatic nitrogens is 2. The first-order valence-corrected chi connectivity index (χ1v) is 7.99. The molecule has 1 aromatic heterocycles. The number of ether oxygens (including phenoxy) is 1. The summed E-state index contributed by atoms with van der Waals surface area (Å²) in [6.45, 7) is 2.74. The molecule has 1 amide bonds. The molecule has 0 bridgehead atoms. The van der Waals surface area contributed by atoms with Crippen molar-refractivity contribution in [2.45, 2.75) is 18.9 Å². The highest BCUT2D eigenvalue weighted by atomic mass is 16.5. The van der Waals surface area contributed by atoms with Gasteiger partial charge in [-0.1, -0.05) is 18.2 Å². The monoisotopic (exact) mass is 314 g/mol. The average molecular weight is 314 g/mol. The molecule has 1 fully saturated rings. The summed E-state index contributed by atoms with van der Waals surface area (Å²) in [5.74, 6) is 0.0514. The van der Waals surface area contributed by atoms with Crippen LogP contribution in [-0.4, -0.2) is 48.0 Å². The van der Waals surface area contributed by atoms with Crippen LogP contribution in [0.25, 0.3) is 5.69 Å². The van der Waals surface area contributed by atoms with Gasteiger partial charge in [-0.3, -0.25) is 4.79 Å². The lowest BCUT2D eigenvalue weighted by Crippen LogP contribution is -2.44. The fourth-order valence-electron chi connectivity index (χ4n) is 2.60. The van der Waals surface area contributed by atoms with Gasteiger partial charge in [0, 0.05) is 38.2 Å². The van der Waals surface area contributed by atoms with Crippen molar-refractivity contribution in [3.05, 3.63) is 48.3 Å². The molecule has 23 heavy (non-hydrogen) atoms. The van der Waals surface area contributed by atoms with Gasteiger partial charge in [0.2, 0.25) is 5.91 Å². The van der Waals surface area contributed by atoms with Gasteiger partial charge in [0.15, 0.2) is 0 Å². The smallest absolute Gasteiger partial charge is 0.221 e. The van der Waals surface area contributed by atoms with Gasteiger partial charge in [-0.15, -0.1) is 0 Å². The predicted molar refractivity (Wildman–Crippen MR) is 87.5 cm³/mol. The van der Waals surface area contributed by atoms with Crippen LogP contribution in [-0.2, 0) is 16.0 Å². The Bertz CT molecular complexity index is 621. The number of para-hydroxylation sites is 1. The van der Waals surface area contributed by atoms with Crippen LogP contribution in [0, 0.1) is 0 Å². The molecule has 122 valence electrons. The molecule has 1 aromatic carbocycles. The van der Waals surface area contributed by atoms with Crippen LogP contribution in [0.1, 0.15) is 12.1 Å². The maximum absolute atomic E-state index is 11.9. The Morgan fingerprint density at radius 1 is 1.35 bits per heavy atom. The summed E-state index contributed by atoms with van der Waals surface area (Å²) in [6, 6.07) is 12.1. The Kier molecular flexibility index (Phi) is 5.39. The zero-order valence-electron chi connectivity index (χ0n) is 13.1. The molecule has 0 saturated carbocycles. The van der Waals surface area contributed by atoms with Crippen LogP contribution in [0.5, 0.6) is 0 Å².